The number of hydrogen-bond donors (Lipinski definition) is 1. The van der Waals surface area contributed by atoms with Crippen molar-refractivity contribution in [2.45, 2.75) is 0 Å². The molecule has 5 nitrogen and oxygen atoms in total. The van der Waals surface area contributed by atoms with Gasteiger partial charge in [0.2, 0.25) is 0 Å². The van der Waals surface area contributed by atoms with Crippen LogP contribution in [0.3, 0.4) is 0 Å². The Labute approximate surface area is 112 Å². The molecule has 0 unspecified atom stereocenters. The van der Waals surface area contributed by atoms with E-state index in [1.807, 2.05) is 11.0 Å². The van der Waals surface area contributed by atoms with Crippen molar-refractivity contribution in [3.8, 4) is 0 Å². The van der Waals surface area contributed by atoms with E-state index in [-0.39, 0.29) is 5.91 Å². The molecule has 6 heteroatoms. The van der Waals surface area contributed by atoms with E-state index in [9.17, 15) is 4.79 Å². The summed E-state index contributed by atoms with van der Waals surface area (Å²) in [5.41, 5.74) is 6.01. The van der Waals surface area contributed by atoms with Crippen LogP contribution in [0.2, 0.25) is 0 Å². The van der Waals surface area contributed by atoms with Crippen LogP contribution in [-0.2, 0) is 0 Å². The highest BCUT2D eigenvalue weighted by Crippen LogP contribution is 2.06. The normalized spacial score (nSPS) is 16.6. The van der Waals surface area contributed by atoms with Gasteiger partial charge < -0.3 is 10.6 Å². The van der Waals surface area contributed by atoms with Crippen molar-refractivity contribution in [1.82, 2.24) is 14.8 Å². The van der Waals surface area contributed by atoms with Crippen molar-refractivity contribution in [1.29, 1.82) is 0 Å². The maximum atomic E-state index is 12.1. The topological polar surface area (TPSA) is 62.5 Å². The number of hydrogen-bond acceptors (Lipinski definition) is 4. The molecule has 18 heavy (non-hydrogen) atoms. The summed E-state index contributed by atoms with van der Waals surface area (Å²) < 4.78 is 0. The molecule has 0 bridgehead atoms. The van der Waals surface area contributed by atoms with Crippen molar-refractivity contribution in [3.05, 3.63) is 30.1 Å². The first-order valence-electron chi connectivity index (χ1n) is 5.88. The van der Waals surface area contributed by atoms with Crippen molar-refractivity contribution in [2.75, 3.05) is 32.7 Å². The van der Waals surface area contributed by atoms with E-state index in [0.717, 1.165) is 13.1 Å². The Hall–Kier alpha value is -1.53. The standard InChI is InChI=1S/C12H16N4OS/c13-11(18)9-15-5-7-16(8-6-15)12(17)10-3-1-2-4-14-10/h1-4H,5-9H2,(H2,13,18). The van der Waals surface area contributed by atoms with Crippen LogP contribution in [0.15, 0.2) is 24.4 Å². The van der Waals surface area contributed by atoms with Gasteiger partial charge in [0.05, 0.1) is 4.99 Å². The van der Waals surface area contributed by atoms with Gasteiger partial charge in [-0.1, -0.05) is 18.3 Å². The average Bonchev–Trinajstić information content (AvgIpc) is 2.39. The van der Waals surface area contributed by atoms with Crippen molar-refractivity contribution < 1.29 is 4.79 Å². The zero-order chi connectivity index (χ0) is 13.0. The summed E-state index contributed by atoms with van der Waals surface area (Å²) in [5, 5.41) is 0. The van der Waals surface area contributed by atoms with Crippen molar-refractivity contribution >= 4 is 23.1 Å². The van der Waals surface area contributed by atoms with Gasteiger partial charge in [-0.05, 0) is 12.1 Å². The lowest BCUT2D eigenvalue weighted by Gasteiger charge is -2.34. The second kappa shape index (κ2) is 5.88. The number of carbonyl (C=O) groups excluding carboxylic acids is 1. The summed E-state index contributed by atoms with van der Waals surface area (Å²) in [4.78, 5) is 20.7. The molecular weight excluding hydrogens is 248 g/mol. The molecule has 1 amide bonds. The number of rotatable bonds is 3. The molecule has 0 atom stereocenters. The Morgan fingerprint density at radius 1 is 1.33 bits per heavy atom. The zero-order valence-electron chi connectivity index (χ0n) is 10.1. The van der Waals surface area contributed by atoms with Gasteiger partial charge in [0.15, 0.2) is 0 Å². The van der Waals surface area contributed by atoms with Crippen LogP contribution < -0.4 is 5.73 Å². The van der Waals surface area contributed by atoms with E-state index >= 15 is 0 Å². The predicted molar refractivity (Wildman–Crippen MR) is 73.4 cm³/mol. The monoisotopic (exact) mass is 264 g/mol. The van der Waals surface area contributed by atoms with Crippen LogP contribution in [0.5, 0.6) is 0 Å². The third-order valence-corrected chi connectivity index (χ3v) is 3.05. The average molecular weight is 264 g/mol. The Morgan fingerprint density at radius 3 is 2.61 bits per heavy atom. The summed E-state index contributed by atoms with van der Waals surface area (Å²) >= 11 is 4.88. The van der Waals surface area contributed by atoms with E-state index in [1.54, 1.807) is 18.3 Å². The fraction of sp³-hybridized carbons (Fsp3) is 0.417. The Kier molecular flexibility index (Phi) is 4.22. The van der Waals surface area contributed by atoms with Gasteiger partial charge in [0.1, 0.15) is 5.69 Å². The fourth-order valence-corrected chi connectivity index (χ4v) is 2.16. The minimum Gasteiger partial charge on any atom is -0.392 e. The minimum atomic E-state index is -0.00873. The molecule has 1 fully saturated rings. The molecule has 1 aromatic heterocycles. The fourth-order valence-electron chi connectivity index (χ4n) is 1.98. The van der Waals surface area contributed by atoms with Crippen LogP contribution >= 0.6 is 12.2 Å². The van der Waals surface area contributed by atoms with E-state index in [0.29, 0.717) is 30.3 Å². The summed E-state index contributed by atoms with van der Waals surface area (Å²) in [7, 11) is 0. The van der Waals surface area contributed by atoms with Crippen molar-refractivity contribution in [2.24, 2.45) is 5.73 Å². The van der Waals surface area contributed by atoms with Gasteiger partial charge >= 0.3 is 0 Å². The van der Waals surface area contributed by atoms with E-state index in [4.69, 9.17) is 18.0 Å². The molecule has 1 saturated heterocycles. The number of carbonyl (C=O) groups is 1. The van der Waals surface area contributed by atoms with Crippen LogP contribution in [0.25, 0.3) is 0 Å². The van der Waals surface area contributed by atoms with Gasteiger partial charge in [0, 0.05) is 38.9 Å². The third kappa shape index (κ3) is 3.24. The molecule has 1 aliphatic rings. The lowest BCUT2D eigenvalue weighted by atomic mass is 10.2. The third-order valence-electron chi connectivity index (χ3n) is 2.92. The lowest BCUT2D eigenvalue weighted by Crippen LogP contribution is -2.50. The van der Waals surface area contributed by atoms with Gasteiger partial charge in [-0.2, -0.15) is 0 Å². The molecule has 96 valence electrons. The quantitative estimate of drug-likeness (QED) is 0.786. The molecule has 0 aliphatic carbocycles. The summed E-state index contributed by atoms with van der Waals surface area (Å²) in [6.45, 7) is 3.61. The summed E-state index contributed by atoms with van der Waals surface area (Å²) in [6.07, 6.45) is 1.64. The molecule has 2 heterocycles. The first-order chi connectivity index (χ1) is 8.66. The maximum Gasteiger partial charge on any atom is 0.272 e. The molecule has 1 aliphatic heterocycles. The molecule has 0 radical (unpaired) electrons. The first kappa shape index (κ1) is 12.9. The Morgan fingerprint density at radius 2 is 2.06 bits per heavy atom. The van der Waals surface area contributed by atoms with E-state index in [1.165, 1.54) is 0 Å². The zero-order valence-corrected chi connectivity index (χ0v) is 10.9. The Bertz CT molecular complexity index is 429. The van der Waals surface area contributed by atoms with E-state index < -0.39 is 0 Å². The lowest BCUT2D eigenvalue weighted by molar-refractivity contribution is 0.0648. The Balaban J connectivity index is 1.90. The summed E-state index contributed by atoms with van der Waals surface area (Å²) in [6, 6.07) is 5.37. The largest absolute Gasteiger partial charge is 0.392 e. The van der Waals surface area contributed by atoms with Crippen LogP contribution in [0.4, 0.5) is 0 Å². The van der Waals surface area contributed by atoms with Gasteiger partial charge in [-0.25, -0.2) is 0 Å². The van der Waals surface area contributed by atoms with Gasteiger partial charge in [0.25, 0.3) is 5.91 Å². The number of amides is 1. The number of nitrogens with zero attached hydrogens (tertiary/aromatic N) is 3. The molecule has 0 spiro atoms. The molecular formula is C12H16N4OS. The second-order valence-corrected chi connectivity index (χ2v) is 4.77. The molecule has 0 aromatic carbocycles. The summed E-state index contributed by atoms with van der Waals surface area (Å²) in [5.74, 6) is -0.00873. The number of pyridine rings is 1. The van der Waals surface area contributed by atoms with Gasteiger partial charge in [-0.3, -0.25) is 14.7 Å². The van der Waals surface area contributed by atoms with Gasteiger partial charge in [-0.15, -0.1) is 0 Å². The smallest absolute Gasteiger partial charge is 0.272 e. The van der Waals surface area contributed by atoms with Crippen LogP contribution in [0.1, 0.15) is 10.5 Å². The molecule has 1 aromatic rings. The van der Waals surface area contributed by atoms with Crippen molar-refractivity contribution in [3.63, 3.8) is 0 Å². The predicted octanol–water partition coefficient (Wildman–Crippen LogP) is 0.125. The number of nitrogens with two attached hydrogens (primary N) is 1. The number of aromatic nitrogens is 1. The molecule has 2 N–H and O–H groups in total. The highest BCUT2D eigenvalue weighted by atomic mass is 32.1. The van der Waals surface area contributed by atoms with E-state index in [2.05, 4.69) is 9.88 Å². The molecule has 2 rings (SSSR count). The van der Waals surface area contributed by atoms with Crippen LogP contribution in [-0.4, -0.2) is 58.4 Å². The second-order valence-electron chi connectivity index (χ2n) is 4.25. The first-order valence-corrected chi connectivity index (χ1v) is 6.28. The van der Waals surface area contributed by atoms with Crippen LogP contribution in [0, 0.1) is 0 Å². The molecule has 0 saturated carbocycles. The number of piperazine rings is 1. The minimum absolute atomic E-state index is 0.00873. The number of thiocarbonyl (C=S) groups is 1. The highest BCUT2D eigenvalue weighted by molar-refractivity contribution is 7.80. The maximum absolute atomic E-state index is 12.1. The highest BCUT2D eigenvalue weighted by Gasteiger charge is 2.22. The SMILES string of the molecule is NC(=S)CN1CCN(C(=O)c2ccccn2)CC1.